The van der Waals surface area contributed by atoms with Gasteiger partial charge in [0.15, 0.2) is 11.6 Å². The normalized spacial score (nSPS) is 14.9. The summed E-state index contributed by atoms with van der Waals surface area (Å²) in [6, 6.07) is 9.05. The summed E-state index contributed by atoms with van der Waals surface area (Å²) >= 11 is 6.49. The maximum atomic E-state index is 14.7. The van der Waals surface area contributed by atoms with Crippen LogP contribution in [0.15, 0.2) is 45.3 Å². The molecule has 156 valence electrons. The smallest absolute Gasteiger partial charge is 0.407 e. The molecule has 1 N–H and O–H groups in total. The topological polar surface area (TPSA) is 71.2 Å². The first kappa shape index (κ1) is 20.9. The lowest BCUT2D eigenvalue weighted by molar-refractivity contribution is 0.126. The van der Waals surface area contributed by atoms with Crippen molar-refractivity contribution in [1.82, 2.24) is 19.7 Å². The third-order valence-electron chi connectivity index (χ3n) is 5.14. The Balaban J connectivity index is 1.84. The van der Waals surface area contributed by atoms with E-state index in [-0.39, 0.29) is 28.8 Å². The van der Waals surface area contributed by atoms with Gasteiger partial charge in [-0.3, -0.25) is 0 Å². The molecule has 30 heavy (non-hydrogen) atoms. The Hall–Kier alpha value is -2.33. The molecule has 0 aliphatic carbocycles. The number of carbonyl (C=O) groups is 1. The monoisotopic (exact) mass is 540 g/mol. The highest BCUT2D eigenvalue weighted by atomic mass is 79.9. The van der Waals surface area contributed by atoms with Crippen molar-refractivity contribution in [2.45, 2.75) is 18.9 Å². The summed E-state index contributed by atoms with van der Waals surface area (Å²) in [6.45, 7) is 0.644. The minimum atomic E-state index is -0.976. The average Bonchev–Trinajstić information content (AvgIpc) is 3.12. The average molecular weight is 542 g/mol. The van der Waals surface area contributed by atoms with Crippen molar-refractivity contribution >= 4 is 38.0 Å². The van der Waals surface area contributed by atoms with E-state index in [2.05, 4.69) is 42.1 Å². The third kappa shape index (κ3) is 3.98. The number of hydrogen-bond donors (Lipinski definition) is 1. The van der Waals surface area contributed by atoms with Gasteiger partial charge in [-0.15, -0.1) is 10.2 Å². The van der Waals surface area contributed by atoms with Gasteiger partial charge in [0.1, 0.15) is 11.6 Å². The predicted octanol–water partition coefficient (Wildman–Crippen LogP) is 5.73. The van der Waals surface area contributed by atoms with Crippen LogP contribution in [0.4, 0.5) is 13.6 Å². The van der Waals surface area contributed by atoms with E-state index < -0.39 is 17.7 Å². The molecule has 1 fully saturated rings. The van der Waals surface area contributed by atoms with E-state index in [1.807, 2.05) is 0 Å². The Kier molecular flexibility index (Phi) is 5.88. The zero-order valence-corrected chi connectivity index (χ0v) is 18.7. The van der Waals surface area contributed by atoms with Gasteiger partial charge >= 0.3 is 6.09 Å². The molecule has 1 aliphatic rings. The second-order valence-electron chi connectivity index (χ2n) is 6.97. The molecule has 0 bridgehead atoms. The number of nitrogens with zero attached hydrogens (tertiary/aromatic N) is 4. The molecule has 1 aromatic heterocycles. The van der Waals surface area contributed by atoms with E-state index in [0.717, 1.165) is 0 Å². The fourth-order valence-corrected chi connectivity index (χ4v) is 4.33. The van der Waals surface area contributed by atoms with Gasteiger partial charge < -0.3 is 14.6 Å². The molecule has 0 radical (unpaired) electrons. The lowest BCUT2D eigenvalue weighted by Gasteiger charge is -2.32. The second kappa shape index (κ2) is 8.43. The van der Waals surface area contributed by atoms with Crippen LogP contribution in [-0.4, -0.2) is 44.0 Å². The Morgan fingerprint density at radius 3 is 1.80 bits per heavy atom. The molecule has 2 aromatic carbocycles. The molecule has 0 atom stereocenters. The highest BCUT2D eigenvalue weighted by Gasteiger charge is 2.30. The van der Waals surface area contributed by atoms with Crippen LogP contribution < -0.4 is 0 Å². The minimum Gasteiger partial charge on any atom is -0.465 e. The van der Waals surface area contributed by atoms with E-state index in [1.54, 1.807) is 28.8 Å². The third-order valence-corrected chi connectivity index (χ3v) is 6.13. The van der Waals surface area contributed by atoms with Crippen LogP contribution in [0.2, 0.25) is 0 Å². The van der Waals surface area contributed by atoms with Gasteiger partial charge in [0, 0.05) is 28.1 Å². The molecule has 6 nitrogen and oxygen atoms in total. The SMILES string of the molecule is O=C(O)N1CCC(n2c(-c3ccc(Br)cc3F)nnc2-c2ccc(Br)cc2F)CC1. The van der Waals surface area contributed by atoms with Crippen molar-refractivity contribution in [3.05, 3.63) is 57.0 Å². The molecule has 3 aromatic rings. The molecule has 0 spiro atoms. The number of amides is 1. The van der Waals surface area contributed by atoms with Crippen molar-refractivity contribution in [3.63, 3.8) is 0 Å². The summed E-state index contributed by atoms with van der Waals surface area (Å²) in [6.07, 6.45) is -0.00285. The first-order chi connectivity index (χ1) is 14.3. The summed E-state index contributed by atoms with van der Waals surface area (Å²) in [7, 11) is 0. The summed E-state index contributed by atoms with van der Waals surface area (Å²) in [5.41, 5.74) is 0.491. The number of likely N-dealkylation sites (tertiary alicyclic amines) is 1. The number of hydrogen-bond acceptors (Lipinski definition) is 3. The van der Waals surface area contributed by atoms with E-state index >= 15 is 0 Å². The van der Waals surface area contributed by atoms with E-state index in [0.29, 0.717) is 34.9 Å². The van der Waals surface area contributed by atoms with Crippen LogP contribution in [0.25, 0.3) is 22.8 Å². The minimum absolute atomic E-state index is 0.202. The van der Waals surface area contributed by atoms with Crippen molar-refractivity contribution in [3.8, 4) is 22.8 Å². The van der Waals surface area contributed by atoms with Gasteiger partial charge in [0.05, 0.1) is 11.1 Å². The van der Waals surface area contributed by atoms with Gasteiger partial charge in [-0.25, -0.2) is 13.6 Å². The second-order valence-corrected chi connectivity index (χ2v) is 8.80. The van der Waals surface area contributed by atoms with Gasteiger partial charge in [-0.2, -0.15) is 0 Å². The van der Waals surface area contributed by atoms with Crippen LogP contribution in [-0.2, 0) is 0 Å². The van der Waals surface area contributed by atoms with Gasteiger partial charge in [0.25, 0.3) is 0 Å². The highest BCUT2D eigenvalue weighted by molar-refractivity contribution is 9.10. The Morgan fingerprint density at radius 2 is 1.40 bits per heavy atom. The molecular formula is C20H16Br2F2N4O2. The predicted molar refractivity (Wildman–Crippen MR) is 114 cm³/mol. The van der Waals surface area contributed by atoms with E-state index in [1.165, 1.54) is 17.0 Å². The maximum absolute atomic E-state index is 14.7. The molecule has 4 rings (SSSR count). The van der Waals surface area contributed by atoms with Crippen LogP contribution in [0.3, 0.4) is 0 Å². The number of carboxylic acid groups (broad SMARTS) is 1. The lowest BCUT2D eigenvalue weighted by atomic mass is 10.0. The Bertz CT molecular complexity index is 1050. The molecule has 1 aliphatic heterocycles. The molecule has 1 amide bonds. The Morgan fingerprint density at radius 1 is 0.933 bits per heavy atom. The number of aromatic nitrogens is 3. The first-order valence-corrected chi connectivity index (χ1v) is 10.8. The van der Waals surface area contributed by atoms with Gasteiger partial charge in [-0.1, -0.05) is 31.9 Å². The summed E-state index contributed by atoms with van der Waals surface area (Å²) < 4.78 is 32.3. The van der Waals surface area contributed by atoms with E-state index in [9.17, 15) is 18.7 Å². The quantitative estimate of drug-likeness (QED) is 0.459. The fraction of sp³-hybridized carbons (Fsp3) is 0.250. The number of piperidine rings is 1. The summed E-state index contributed by atoms with van der Waals surface area (Å²) in [5, 5.41) is 17.6. The van der Waals surface area contributed by atoms with Crippen molar-refractivity contribution in [2.75, 3.05) is 13.1 Å². The number of halogens is 4. The lowest BCUT2D eigenvalue weighted by Crippen LogP contribution is -2.38. The molecular weight excluding hydrogens is 526 g/mol. The highest BCUT2D eigenvalue weighted by Crippen LogP contribution is 2.36. The zero-order chi connectivity index (χ0) is 21.4. The standard InChI is InChI=1S/C20H16Br2F2N4O2/c21-11-1-3-14(16(23)9-11)18-25-26-19(15-4-2-12(22)10-17(15)24)28(18)13-5-7-27(8-6-13)20(29)30/h1-4,9-10,13H,5-8H2,(H,29,30). The molecule has 0 unspecified atom stereocenters. The van der Waals surface area contributed by atoms with Crippen LogP contribution in [0.1, 0.15) is 18.9 Å². The van der Waals surface area contributed by atoms with Crippen molar-refractivity contribution in [1.29, 1.82) is 0 Å². The molecule has 10 heteroatoms. The molecule has 0 saturated carbocycles. The number of benzene rings is 2. The van der Waals surface area contributed by atoms with Crippen molar-refractivity contribution < 1.29 is 18.7 Å². The molecule has 2 heterocycles. The first-order valence-electron chi connectivity index (χ1n) is 9.18. The molecule has 1 saturated heterocycles. The van der Waals surface area contributed by atoms with Crippen LogP contribution >= 0.6 is 31.9 Å². The Labute approximate surface area is 187 Å². The van der Waals surface area contributed by atoms with Crippen LogP contribution in [0.5, 0.6) is 0 Å². The van der Waals surface area contributed by atoms with Gasteiger partial charge in [0.2, 0.25) is 0 Å². The summed E-state index contributed by atoms with van der Waals surface area (Å²) in [5.74, 6) is -0.398. The van der Waals surface area contributed by atoms with Gasteiger partial charge in [-0.05, 0) is 49.2 Å². The number of rotatable bonds is 3. The zero-order valence-electron chi connectivity index (χ0n) is 15.5. The van der Waals surface area contributed by atoms with E-state index in [4.69, 9.17) is 0 Å². The largest absolute Gasteiger partial charge is 0.465 e. The maximum Gasteiger partial charge on any atom is 0.407 e. The van der Waals surface area contributed by atoms with Crippen molar-refractivity contribution in [2.24, 2.45) is 0 Å². The van der Waals surface area contributed by atoms with Crippen LogP contribution in [0, 0.1) is 11.6 Å². The summed E-state index contributed by atoms with van der Waals surface area (Å²) in [4.78, 5) is 12.6. The fourth-order valence-electron chi connectivity index (χ4n) is 3.66.